The van der Waals surface area contributed by atoms with E-state index in [1.807, 2.05) is 30.3 Å². The Morgan fingerprint density at radius 2 is 1.87 bits per heavy atom. The van der Waals surface area contributed by atoms with Crippen molar-refractivity contribution in [3.63, 3.8) is 0 Å². The smallest absolute Gasteiger partial charge is 0.153 e. The summed E-state index contributed by atoms with van der Waals surface area (Å²) in [5, 5.41) is 9.61. The van der Waals surface area contributed by atoms with Crippen molar-refractivity contribution in [3.8, 4) is 0 Å². The molecule has 1 aliphatic rings. The highest BCUT2D eigenvalue weighted by atomic mass is 32.2. The fraction of sp³-hybridized carbons (Fsp3) is 0.455. The van der Waals surface area contributed by atoms with Crippen LogP contribution in [0.3, 0.4) is 0 Å². The molecule has 1 N–H and O–H groups in total. The number of hydrogen-bond donors (Lipinski definition) is 1. The lowest BCUT2D eigenvalue weighted by atomic mass is 9.97. The predicted molar refractivity (Wildman–Crippen MR) is 58.3 cm³/mol. The van der Waals surface area contributed by atoms with Crippen LogP contribution in [-0.4, -0.2) is 31.1 Å². The molecule has 4 heteroatoms. The summed E-state index contributed by atoms with van der Waals surface area (Å²) in [6.45, 7) is 0. The van der Waals surface area contributed by atoms with Crippen molar-refractivity contribution < 1.29 is 13.5 Å². The van der Waals surface area contributed by atoms with E-state index in [2.05, 4.69) is 0 Å². The van der Waals surface area contributed by atoms with Crippen molar-refractivity contribution in [2.75, 3.05) is 11.5 Å². The minimum absolute atomic E-state index is 0.0789. The van der Waals surface area contributed by atoms with Gasteiger partial charge in [0.2, 0.25) is 0 Å². The summed E-state index contributed by atoms with van der Waals surface area (Å²) < 4.78 is 22.6. The first-order valence-corrected chi connectivity index (χ1v) is 6.81. The van der Waals surface area contributed by atoms with Crippen molar-refractivity contribution >= 4 is 9.84 Å². The summed E-state index contributed by atoms with van der Waals surface area (Å²) in [6, 6.07) is 9.68. The van der Waals surface area contributed by atoms with Gasteiger partial charge in [-0.15, -0.1) is 0 Å². The second-order valence-corrected chi connectivity index (χ2v) is 6.25. The van der Waals surface area contributed by atoms with Crippen LogP contribution in [0.2, 0.25) is 0 Å². The third-order valence-corrected chi connectivity index (χ3v) is 4.56. The van der Waals surface area contributed by atoms with Crippen LogP contribution < -0.4 is 0 Å². The van der Waals surface area contributed by atoms with E-state index in [-0.39, 0.29) is 17.4 Å². The first-order chi connectivity index (χ1) is 7.07. The largest absolute Gasteiger partial charge is 0.392 e. The van der Waals surface area contributed by atoms with Gasteiger partial charge in [-0.2, -0.15) is 0 Å². The first kappa shape index (κ1) is 10.6. The third-order valence-electron chi connectivity index (χ3n) is 2.78. The second-order valence-electron chi connectivity index (χ2n) is 4.09. The van der Waals surface area contributed by atoms with Crippen LogP contribution in [0.4, 0.5) is 0 Å². The summed E-state index contributed by atoms with van der Waals surface area (Å²) in [4.78, 5) is 0. The lowest BCUT2D eigenvalue weighted by Crippen LogP contribution is -2.19. The number of aliphatic hydroxyl groups is 1. The van der Waals surface area contributed by atoms with Crippen LogP contribution in [0, 0.1) is 5.92 Å². The summed E-state index contributed by atoms with van der Waals surface area (Å²) in [5.74, 6) is -0.106. The predicted octanol–water partition coefficient (Wildman–Crippen LogP) is 0.635. The average molecular weight is 226 g/mol. The molecule has 0 aromatic heterocycles. The fourth-order valence-corrected chi connectivity index (χ4v) is 3.93. The molecule has 1 fully saturated rings. The van der Waals surface area contributed by atoms with Gasteiger partial charge in [0.25, 0.3) is 0 Å². The van der Waals surface area contributed by atoms with Gasteiger partial charge in [0.05, 0.1) is 17.6 Å². The molecule has 82 valence electrons. The summed E-state index contributed by atoms with van der Waals surface area (Å²) in [6.07, 6.45) is -0.0588. The number of hydrogen-bond acceptors (Lipinski definition) is 3. The maximum Gasteiger partial charge on any atom is 0.153 e. The van der Waals surface area contributed by atoms with E-state index < -0.39 is 15.9 Å². The van der Waals surface area contributed by atoms with Gasteiger partial charge in [0, 0.05) is 5.92 Å². The standard InChI is InChI=1S/C11H14O3S/c12-11-8-15(13,14)7-10(11)6-9-4-2-1-3-5-9/h1-5,10-12H,6-8H2. The zero-order chi connectivity index (χ0) is 10.9. The molecular weight excluding hydrogens is 212 g/mol. The van der Waals surface area contributed by atoms with Crippen molar-refractivity contribution in [1.29, 1.82) is 0 Å². The van der Waals surface area contributed by atoms with Crippen molar-refractivity contribution in [3.05, 3.63) is 35.9 Å². The molecule has 2 unspecified atom stereocenters. The molecule has 0 spiro atoms. The minimum Gasteiger partial charge on any atom is -0.392 e. The number of rotatable bonds is 2. The molecular formula is C11H14O3S. The fourth-order valence-electron chi connectivity index (χ4n) is 2.01. The lowest BCUT2D eigenvalue weighted by Gasteiger charge is -2.11. The highest BCUT2D eigenvalue weighted by molar-refractivity contribution is 7.91. The number of benzene rings is 1. The van der Waals surface area contributed by atoms with Gasteiger partial charge in [-0.1, -0.05) is 30.3 Å². The van der Waals surface area contributed by atoms with Crippen LogP contribution in [0.15, 0.2) is 30.3 Å². The van der Waals surface area contributed by atoms with Crippen LogP contribution >= 0.6 is 0 Å². The average Bonchev–Trinajstić information content (AvgIpc) is 2.41. The lowest BCUT2D eigenvalue weighted by molar-refractivity contribution is 0.149. The van der Waals surface area contributed by atoms with Crippen molar-refractivity contribution in [2.24, 2.45) is 5.92 Å². The van der Waals surface area contributed by atoms with E-state index in [1.54, 1.807) is 0 Å². The van der Waals surface area contributed by atoms with E-state index in [9.17, 15) is 13.5 Å². The molecule has 15 heavy (non-hydrogen) atoms. The van der Waals surface area contributed by atoms with E-state index in [4.69, 9.17) is 0 Å². The van der Waals surface area contributed by atoms with E-state index >= 15 is 0 Å². The van der Waals surface area contributed by atoms with Crippen LogP contribution in [-0.2, 0) is 16.3 Å². The van der Waals surface area contributed by atoms with E-state index in [0.717, 1.165) is 5.56 Å². The maximum absolute atomic E-state index is 11.3. The Balaban J connectivity index is 2.08. The molecule has 2 atom stereocenters. The minimum atomic E-state index is -3.01. The Kier molecular flexibility index (Phi) is 2.80. The molecule has 0 radical (unpaired) electrons. The zero-order valence-corrected chi connectivity index (χ0v) is 9.15. The van der Waals surface area contributed by atoms with E-state index in [1.165, 1.54) is 0 Å². The Morgan fingerprint density at radius 3 is 2.40 bits per heavy atom. The second kappa shape index (κ2) is 3.94. The summed E-state index contributed by atoms with van der Waals surface area (Å²) in [5.41, 5.74) is 1.08. The SMILES string of the molecule is O=S1(=O)CC(O)C(Cc2ccccc2)C1. The van der Waals surface area contributed by atoms with Gasteiger partial charge in [-0.05, 0) is 12.0 Å². The number of aliphatic hydroxyl groups excluding tert-OH is 1. The van der Waals surface area contributed by atoms with Gasteiger partial charge < -0.3 is 5.11 Å². The highest BCUT2D eigenvalue weighted by Gasteiger charge is 2.36. The molecule has 1 saturated heterocycles. The Morgan fingerprint density at radius 1 is 1.20 bits per heavy atom. The Bertz CT molecular complexity index is 424. The van der Waals surface area contributed by atoms with Gasteiger partial charge in [-0.3, -0.25) is 0 Å². The number of sulfone groups is 1. The Hall–Kier alpha value is -0.870. The van der Waals surface area contributed by atoms with Crippen LogP contribution in [0.25, 0.3) is 0 Å². The molecule has 0 saturated carbocycles. The maximum atomic E-state index is 11.3. The molecule has 1 heterocycles. The van der Waals surface area contributed by atoms with Gasteiger partial charge in [0.1, 0.15) is 0 Å². The monoisotopic (exact) mass is 226 g/mol. The molecule has 1 aromatic rings. The normalized spacial score (nSPS) is 29.1. The zero-order valence-electron chi connectivity index (χ0n) is 8.33. The Labute approximate surface area is 89.7 Å². The van der Waals surface area contributed by atoms with Crippen molar-refractivity contribution in [2.45, 2.75) is 12.5 Å². The quantitative estimate of drug-likeness (QED) is 0.805. The van der Waals surface area contributed by atoms with Crippen molar-refractivity contribution in [1.82, 2.24) is 0 Å². The van der Waals surface area contributed by atoms with E-state index in [0.29, 0.717) is 6.42 Å². The molecule has 0 aliphatic carbocycles. The van der Waals surface area contributed by atoms with Crippen LogP contribution in [0.5, 0.6) is 0 Å². The van der Waals surface area contributed by atoms with Gasteiger partial charge in [-0.25, -0.2) is 8.42 Å². The van der Waals surface area contributed by atoms with Crippen LogP contribution in [0.1, 0.15) is 5.56 Å². The van der Waals surface area contributed by atoms with Gasteiger partial charge in [0.15, 0.2) is 9.84 Å². The first-order valence-electron chi connectivity index (χ1n) is 4.99. The topological polar surface area (TPSA) is 54.4 Å². The van der Waals surface area contributed by atoms with Gasteiger partial charge >= 0.3 is 0 Å². The molecule has 0 bridgehead atoms. The molecule has 0 amide bonds. The molecule has 2 rings (SSSR count). The molecule has 3 nitrogen and oxygen atoms in total. The molecule has 1 aromatic carbocycles. The highest BCUT2D eigenvalue weighted by Crippen LogP contribution is 2.23. The molecule has 1 aliphatic heterocycles. The summed E-state index contributed by atoms with van der Waals surface area (Å²) in [7, 11) is -3.01. The third kappa shape index (κ3) is 2.58. The summed E-state index contributed by atoms with van der Waals surface area (Å²) >= 11 is 0.